The van der Waals surface area contributed by atoms with Crippen LogP contribution in [0.15, 0.2) is 0 Å². The summed E-state index contributed by atoms with van der Waals surface area (Å²) in [5, 5.41) is 2.66. The van der Waals surface area contributed by atoms with E-state index in [1.54, 1.807) is 0 Å². The molecule has 0 spiro atoms. The molecule has 0 aliphatic rings. The summed E-state index contributed by atoms with van der Waals surface area (Å²) in [5.41, 5.74) is 0. The van der Waals surface area contributed by atoms with Gasteiger partial charge in [0, 0.05) is 20.4 Å². The van der Waals surface area contributed by atoms with Crippen molar-refractivity contribution in [3.63, 3.8) is 0 Å². The number of rotatable bonds is 7. The maximum absolute atomic E-state index is 9.88. The van der Waals surface area contributed by atoms with Crippen molar-refractivity contribution in [1.82, 2.24) is 5.32 Å². The number of carbonyl (C=O) groups excluding carboxylic acids is 1. The maximum atomic E-state index is 9.88. The first-order chi connectivity index (χ1) is 5.56. The molecule has 0 aromatic heterocycles. The summed E-state index contributed by atoms with van der Waals surface area (Å²) >= 11 is 1.93. The first-order valence-corrected chi connectivity index (χ1v) is 9.17. The Labute approximate surface area is 80.5 Å². The number of amides is 1. The predicted octanol–water partition coefficient (Wildman–Crippen LogP) is 1.80. The lowest BCUT2D eigenvalue weighted by Crippen LogP contribution is -2.20. The first kappa shape index (κ1) is 12.0. The average Bonchev–Trinajstić information content (AvgIpc) is 1.94. The molecule has 2 nitrogen and oxygen atoms in total. The first-order valence-electron chi connectivity index (χ1n) is 4.31. The molecule has 0 atom stereocenters. The molecule has 0 radical (unpaired) electrons. The topological polar surface area (TPSA) is 29.1 Å². The summed E-state index contributed by atoms with van der Waals surface area (Å²) in [7, 11) is -0.836. The van der Waals surface area contributed by atoms with E-state index < -0.39 is 8.07 Å². The van der Waals surface area contributed by atoms with Gasteiger partial charge in [-0.15, -0.1) is 0 Å². The van der Waals surface area contributed by atoms with Crippen molar-refractivity contribution in [3.8, 4) is 0 Å². The Bertz CT molecular complexity index is 125. The molecule has 0 rings (SSSR count). The van der Waals surface area contributed by atoms with Gasteiger partial charge < -0.3 is 5.32 Å². The van der Waals surface area contributed by atoms with Crippen LogP contribution in [-0.2, 0) is 4.79 Å². The Morgan fingerprint density at radius 3 is 2.50 bits per heavy atom. The van der Waals surface area contributed by atoms with Crippen LogP contribution in [-0.4, -0.2) is 32.5 Å². The maximum Gasteiger partial charge on any atom is 0.207 e. The number of carbonyl (C=O) groups is 1. The van der Waals surface area contributed by atoms with Crippen molar-refractivity contribution in [2.45, 2.75) is 25.7 Å². The summed E-state index contributed by atoms with van der Waals surface area (Å²) in [6.45, 7) is 7.96. The fraction of sp³-hybridized carbons (Fsp3) is 0.875. The van der Waals surface area contributed by atoms with Crippen LogP contribution in [0.5, 0.6) is 0 Å². The number of thioether (sulfide) groups is 1. The van der Waals surface area contributed by atoms with Crippen molar-refractivity contribution in [3.05, 3.63) is 0 Å². The molecule has 12 heavy (non-hydrogen) atoms. The van der Waals surface area contributed by atoms with Crippen molar-refractivity contribution in [1.29, 1.82) is 0 Å². The van der Waals surface area contributed by atoms with Crippen molar-refractivity contribution in [2.75, 3.05) is 18.1 Å². The highest BCUT2D eigenvalue weighted by Gasteiger charge is 2.11. The highest BCUT2D eigenvalue weighted by Crippen LogP contribution is 2.12. The smallest absolute Gasteiger partial charge is 0.207 e. The molecule has 0 aliphatic carbocycles. The Hall–Kier alpha value is 0.0369. The summed E-state index contributed by atoms with van der Waals surface area (Å²) < 4.78 is 0. The van der Waals surface area contributed by atoms with E-state index in [1.165, 1.54) is 11.8 Å². The van der Waals surface area contributed by atoms with E-state index >= 15 is 0 Å². The summed E-state index contributed by atoms with van der Waals surface area (Å²) in [6.07, 6.45) is 0.763. The Morgan fingerprint density at radius 1 is 1.33 bits per heavy atom. The molecule has 0 saturated carbocycles. The molecule has 0 bridgehead atoms. The zero-order valence-corrected chi connectivity index (χ0v) is 10.0. The number of hydrogen-bond donors (Lipinski definition) is 1. The van der Waals surface area contributed by atoms with Crippen LogP contribution >= 0.6 is 11.8 Å². The van der Waals surface area contributed by atoms with Crippen molar-refractivity contribution in [2.24, 2.45) is 0 Å². The van der Waals surface area contributed by atoms with Gasteiger partial charge in [-0.25, -0.2) is 0 Å². The van der Waals surface area contributed by atoms with Gasteiger partial charge in [0.15, 0.2) is 0 Å². The zero-order chi connectivity index (χ0) is 9.45. The lowest BCUT2D eigenvalue weighted by molar-refractivity contribution is -0.109. The van der Waals surface area contributed by atoms with E-state index in [1.807, 2.05) is 11.8 Å². The van der Waals surface area contributed by atoms with Gasteiger partial charge in [-0.1, -0.05) is 19.6 Å². The van der Waals surface area contributed by atoms with E-state index in [0.717, 1.165) is 18.7 Å². The van der Waals surface area contributed by atoms with Gasteiger partial charge >= 0.3 is 0 Å². The third-order valence-corrected chi connectivity index (χ3v) is 4.57. The molecule has 0 aromatic carbocycles. The standard InChI is InChI=1S/C8H19NOSSi/c1-12(2,3)7-6-11-5-4-9-8-10/h8H,4-7H2,1-3H3,(H,9,10). The molecule has 0 aromatic rings. The Kier molecular flexibility index (Phi) is 6.56. The second-order valence-electron chi connectivity index (χ2n) is 4.00. The minimum Gasteiger partial charge on any atom is -0.358 e. The predicted molar refractivity (Wildman–Crippen MR) is 59.5 cm³/mol. The quantitative estimate of drug-likeness (QED) is 0.390. The summed E-state index contributed by atoms with van der Waals surface area (Å²) in [5.74, 6) is 2.29. The van der Waals surface area contributed by atoms with Crippen molar-refractivity contribution >= 4 is 26.2 Å². The highest BCUT2D eigenvalue weighted by atomic mass is 32.2. The van der Waals surface area contributed by atoms with Gasteiger partial charge in [0.05, 0.1) is 0 Å². The molecular weight excluding hydrogens is 186 g/mol. The van der Waals surface area contributed by atoms with Crippen LogP contribution in [0, 0.1) is 0 Å². The fourth-order valence-electron chi connectivity index (χ4n) is 0.670. The van der Waals surface area contributed by atoms with E-state index in [4.69, 9.17) is 0 Å². The van der Waals surface area contributed by atoms with Gasteiger partial charge in [0.25, 0.3) is 0 Å². The lowest BCUT2D eigenvalue weighted by atomic mass is 10.8. The molecule has 0 heterocycles. The fourth-order valence-corrected chi connectivity index (χ4v) is 4.16. The molecule has 0 aliphatic heterocycles. The lowest BCUT2D eigenvalue weighted by Gasteiger charge is -2.14. The van der Waals surface area contributed by atoms with Crippen molar-refractivity contribution < 1.29 is 4.79 Å². The molecule has 0 saturated heterocycles. The zero-order valence-electron chi connectivity index (χ0n) is 8.22. The van der Waals surface area contributed by atoms with Crippen LogP contribution in [0.1, 0.15) is 0 Å². The minimum absolute atomic E-state index is 0.763. The SMILES string of the molecule is C[Si](C)(C)CCSCCNC=O. The molecule has 1 amide bonds. The number of hydrogen-bond acceptors (Lipinski definition) is 2. The minimum atomic E-state index is -0.836. The summed E-state index contributed by atoms with van der Waals surface area (Å²) in [4.78, 5) is 9.88. The van der Waals surface area contributed by atoms with E-state index in [9.17, 15) is 4.79 Å². The van der Waals surface area contributed by atoms with Crippen LogP contribution in [0.2, 0.25) is 25.7 Å². The van der Waals surface area contributed by atoms with E-state index in [2.05, 4.69) is 25.0 Å². The van der Waals surface area contributed by atoms with Gasteiger partial charge in [0.2, 0.25) is 6.41 Å². The molecule has 72 valence electrons. The molecular formula is C8H19NOSSi. The molecule has 1 N–H and O–H groups in total. The van der Waals surface area contributed by atoms with Crippen LogP contribution in [0.4, 0.5) is 0 Å². The average molecular weight is 205 g/mol. The van der Waals surface area contributed by atoms with Gasteiger partial charge in [-0.05, 0) is 11.8 Å². The third kappa shape index (κ3) is 10.0. The Morgan fingerprint density at radius 2 is 2.00 bits per heavy atom. The van der Waals surface area contributed by atoms with E-state index in [0.29, 0.717) is 0 Å². The second-order valence-corrected chi connectivity index (χ2v) is 10.8. The number of nitrogens with one attached hydrogen (secondary N) is 1. The third-order valence-electron chi connectivity index (χ3n) is 1.47. The van der Waals surface area contributed by atoms with Crippen LogP contribution in [0.3, 0.4) is 0 Å². The molecule has 0 unspecified atom stereocenters. The largest absolute Gasteiger partial charge is 0.358 e. The van der Waals surface area contributed by atoms with Gasteiger partial charge in [-0.2, -0.15) is 11.8 Å². The van der Waals surface area contributed by atoms with Crippen LogP contribution < -0.4 is 5.32 Å². The Balaban J connectivity index is 3.06. The molecule has 4 heteroatoms. The van der Waals surface area contributed by atoms with Gasteiger partial charge in [-0.3, -0.25) is 4.79 Å². The second kappa shape index (κ2) is 6.54. The highest BCUT2D eigenvalue weighted by molar-refractivity contribution is 7.99. The normalized spacial score (nSPS) is 11.2. The van der Waals surface area contributed by atoms with Gasteiger partial charge in [0.1, 0.15) is 0 Å². The van der Waals surface area contributed by atoms with Crippen LogP contribution in [0.25, 0.3) is 0 Å². The molecule has 0 fully saturated rings. The summed E-state index contributed by atoms with van der Waals surface area (Å²) in [6, 6.07) is 1.37. The monoisotopic (exact) mass is 205 g/mol. The van der Waals surface area contributed by atoms with E-state index in [-0.39, 0.29) is 0 Å².